The summed E-state index contributed by atoms with van der Waals surface area (Å²) in [7, 11) is 0. The van der Waals surface area contributed by atoms with Gasteiger partial charge in [0.2, 0.25) is 5.91 Å². The second-order valence-electron chi connectivity index (χ2n) is 10.4. The number of nitrogens with zero attached hydrogens (tertiary/aromatic N) is 3. The highest BCUT2D eigenvalue weighted by molar-refractivity contribution is 5.83. The molecule has 0 unspecified atom stereocenters. The summed E-state index contributed by atoms with van der Waals surface area (Å²) < 4.78 is 5.43. The minimum atomic E-state index is 0.0755. The fourth-order valence-electron chi connectivity index (χ4n) is 5.99. The van der Waals surface area contributed by atoms with Crippen molar-refractivity contribution in [2.24, 2.45) is 11.8 Å². The highest BCUT2D eigenvalue weighted by atomic mass is 16.5. The molecule has 184 valence electrons. The highest BCUT2D eigenvalue weighted by Gasteiger charge is 2.33. The molecule has 6 nitrogen and oxygen atoms in total. The molecule has 3 aliphatic rings. The number of hydrogen-bond donors (Lipinski definition) is 1. The first-order valence-electron chi connectivity index (χ1n) is 13.2. The Hall–Kier alpha value is -1.99. The standard InChI is InChI=1S/C28H40N4O2/c33-28(29-9-12-30-13-15-34-16-14-30)27-18-24(20-31-10-3-4-11-31)21-32(22-27)19-23-7-8-25-5-1-2-6-26(25)17-23/h1-2,5-8,17,24,27H,3-4,9-16,18-22H2,(H,29,33)/t24-,27-/m1/s1. The van der Waals surface area contributed by atoms with Crippen molar-refractivity contribution in [3.63, 3.8) is 0 Å². The van der Waals surface area contributed by atoms with Crippen molar-refractivity contribution in [2.45, 2.75) is 25.8 Å². The van der Waals surface area contributed by atoms with Crippen LogP contribution in [-0.4, -0.2) is 92.7 Å². The van der Waals surface area contributed by atoms with Crippen LogP contribution in [0, 0.1) is 11.8 Å². The smallest absolute Gasteiger partial charge is 0.224 e. The Morgan fingerprint density at radius 1 is 0.912 bits per heavy atom. The average molecular weight is 465 g/mol. The number of carbonyl (C=O) groups is 1. The van der Waals surface area contributed by atoms with Crippen LogP contribution in [-0.2, 0) is 16.1 Å². The molecule has 2 aromatic carbocycles. The Bertz CT molecular complexity index is 939. The van der Waals surface area contributed by atoms with Crippen LogP contribution in [0.3, 0.4) is 0 Å². The molecule has 3 aliphatic heterocycles. The molecule has 0 spiro atoms. The van der Waals surface area contributed by atoms with E-state index < -0.39 is 0 Å². The minimum Gasteiger partial charge on any atom is -0.379 e. The molecular formula is C28H40N4O2. The SMILES string of the molecule is O=C(NCCN1CCOCC1)[C@@H]1C[C@H](CN2CCCC2)CN(Cc2ccc3ccccc3c2)C1. The summed E-state index contributed by atoms with van der Waals surface area (Å²) in [4.78, 5) is 20.7. The largest absolute Gasteiger partial charge is 0.379 e. The van der Waals surface area contributed by atoms with Crippen molar-refractivity contribution in [3.8, 4) is 0 Å². The van der Waals surface area contributed by atoms with Gasteiger partial charge in [-0.05, 0) is 60.7 Å². The number of ether oxygens (including phenoxy) is 1. The molecule has 3 saturated heterocycles. The third-order valence-corrected chi connectivity index (χ3v) is 7.75. The van der Waals surface area contributed by atoms with Gasteiger partial charge >= 0.3 is 0 Å². The van der Waals surface area contributed by atoms with Gasteiger partial charge in [0.25, 0.3) is 0 Å². The molecule has 3 fully saturated rings. The molecule has 1 amide bonds. The lowest BCUT2D eigenvalue weighted by molar-refractivity contribution is -0.127. The molecule has 2 atom stereocenters. The Labute approximate surface area is 204 Å². The molecule has 1 N–H and O–H groups in total. The van der Waals surface area contributed by atoms with Gasteiger partial charge in [0.05, 0.1) is 19.1 Å². The van der Waals surface area contributed by atoms with E-state index in [1.54, 1.807) is 0 Å². The van der Waals surface area contributed by atoms with E-state index in [0.717, 1.165) is 72.0 Å². The maximum Gasteiger partial charge on any atom is 0.224 e. The number of nitrogens with one attached hydrogen (secondary N) is 1. The van der Waals surface area contributed by atoms with Crippen LogP contribution >= 0.6 is 0 Å². The van der Waals surface area contributed by atoms with Gasteiger partial charge in [-0.2, -0.15) is 0 Å². The average Bonchev–Trinajstić information content (AvgIpc) is 3.37. The van der Waals surface area contributed by atoms with Crippen LogP contribution in [0.4, 0.5) is 0 Å². The van der Waals surface area contributed by atoms with Crippen LogP contribution in [0.5, 0.6) is 0 Å². The number of benzene rings is 2. The Morgan fingerprint density at radius 2 is 1.71 bits per heavy atom. The van der Waals surface area contributed by atoms with Crippen molar-refractivity contribution >= 4 is 16.7 Å². The fourth-order valence-corrected chi connectivity index (χ4v) is 5.99. The van der Waals surface area contributed by atoms with Gasteiger partial charge in [0, 0.05) is 52.4 Å². The predicted molar refractivity (Wildman–Crippen MR) is 137 cm³/mol. The molecular weight excluding hydrogens is 424 g/mol. The topological polar surface area (TPSA) is 48.1 Å². The van der Waals surface area contributed by atoms with Gasteiger partial charge in [0.15, 0.2) is 0 Å². The quantitative estimate of drug-likeness (QED) is 0.651. The lowest BCUT2D eigenvalue weighted by Gasteiger charge is -2.39. The number of amides is 1. The van der Waals surface area contributed by atoms with Crippen LogP contribution < -0.4 is 5.32 Å². The highest BCUT2D eigenvalue weighted by Crippen LogP contribution is 2.26. The van der Waals surface area contributed by atoms with Gasteiger partial charge in [-0.25, -0.2) is 0 Å². The molecule has 0 aromatic heterocycles. The van der Waals surface area contributed by atoms with Gasteiger partial charge in [-0.1, -0.05) is 36.4 Å². The fraction of sp³-hybridized carbons (Fsp3) is 0.607. The number of rotatable bonds is 8. The number of carbonyl (C=O) groups excluding carboxylic acids is 1. The molecule has 6 heteroatoms. The second kappa shape index (κ2) is 11.6. The first-order valence-corrected chi connectivity index (χ1v) is 13.2. The molecule has 0 bridgehead atoms. The third-order valence-electron chi connectivity index (χ3n) is 7.75. The monoisotopic (exact) mass is 464 g/mol. The molecule has 5 rings (SSSR count). The predicted octanol–water partition coefficient (Wildman–Crippen LogP) is 2.82. The first kappa shape index (κ1) is 23.7. The number of hydrogen-bond acceptors (Lipinski definition) is 5. The van der Waals surface area contributed by atoms with Crippen molar-refractivity contribution < 1.29 is 9.53 Å². The van der Waals surface area contributed by atoms with Crippen molar-refractivity contribution in [1.82, 2.24) is 20.0 Å². The summed E-state index contributed by atoms with van der Waals surface area (Å²) in [5, 5.41) is 5.84. The first-order chi connectivity index (χ1) is 16.7. The van der Waals surface area contributed by atoms with E-state index in [0.29, 0.717) is 5.92 Å². The number of morpholine rings is 1. The van der Waals surface area contributed by atoms with Crippen molar-refractivity contribution in [1.29, 1.82) is 0 Å². The van der Waals surface area contributed by atoms with Gasteiger partial charge in [-0.3, -0.25) is 14.6 Å². The summed E-state index contributed by atoms with van der Waals surface area (Å²) in [5.74, 6) is 0.872. The number of piperidine rings is 1. The summed E-state index contributed by atoms with van der Waals surface area (Å²) in [6.45, 7) is 11.6. The third kappa shape index (κ3) is 6.36. The van der Waals surface area contributed by atoms with E-state index in [1.165, 1.54) is 42.3 Å². The van der Waals surface area contributed by atoms with E-state index in [2.05, 4.69) is 62.5 Å². The van der Waals surface area contributed by atoms with Crippen LogP contribution in [0.2, 0.25) is 0 Å². The Kier molecular flexibility index (Phi) is 8.12. The second-order valence-corrected chi connectivity index (χ2v) is 10.4. The molecule has 34 heavy (non-hydrogen) atoms. The van der Waals surface area contributed by atoms with Crippen molar-refractivity contribution in [3.05, 3.63) is 48.0 Å². The molecule has 3 heterocycles. The molecule has 0 radical (unpaired) electrons. The number of likely N-dealkylation sites (tertiary alicyclic amines) is 2. The van der Waals surface area contributed by atoms with Crippen LogP contribution in [0.25, 0.3) is 10.8 Å². The van der Waals surface area contributed by atoms with E-state index >= 15 is 0 Å². The zero-order valence-corrected chi connectivity index (χ0v) is 20.5. The summed E-state index contributed by atoms with van der Waals surface area (Å²) in [6.07, 6.45) is 3.64. The lowest BCUT2D eigenvalue weighted by Crippen LogP contribution is -2.49. The summed E-state index contributed by atoms with van der Waals surface area (Å²) >= 11 is 0. The Balaban J connectivity index is 1.21. The molecule has 0 aliphatic carbocycles. The lowest BCUT2D eigenvalue weighted by atomic mass is 9.87. The van der Waals surface area contributed by atoms with E-state index in [4.69, 9.17) is 4.74 Å². The molecule has 2 aromatic rings. The van der Waals surface area contributed by atoms with Crippen LogP contribution in [0.1, 0.15) is 24.8 Å². The molecule has 0 saturated carbocycles. The van der Waals surface area contributed by atoms with Gasteiger partial charge in [0.1, 0.15) is 0 Å². The summed E-state index contributed by atoms with van der Waals surface area (Å²) in [5.41, 5.74) is 1.34. The van der Waals surface area contributed by atoms with Gasteiger partial charge < -0.3 is 15.0 Å². The van der Waals surface area contributed by atoms with Gasteiger partial charge in [-0.15, -0.1) is 0 Å². The number of fused-ring (bicyclic) bond motifs is 1. The van der Waals surface area contributed by atoms with Crippen LogP contribution in [0.15, 0.2) is 42.5 Å². The zero-order valence-electron chi connectivity index (χ0n) is 20.5. The van der Waals surface area contributed by atoms with E-state index in [1.807, 2.05) is 0 Å². The normalized spacial score (nSPS) is 25.1. The van der Waals surface area contributed by atoms with Crippen molar-refractivity contribution in [2.75, 3.05) is 72.1 Å². The summed E-state index contributed by atoms with van der Waals surface area (Å²) in [6, 6.07) is 15.4. The van der Waals surface area contributed by atoms with E-state index in [9.17, 15) is 4.79 Å². The zero-order chi connectivity index (χ0) is 23.2. The maximum absolute atomic E-state index is 13.2. The van der Waals surface area contributed by atoms with E-state index in [-0.39, 0.29) is 11.8 Å². The minimum absolute atomic E-state index is 0.0755. The maximum atomic E-state index is 13.2. The Morgan fingerprint density at radius 3 is 2.53 bits per heavy atom.